The monoisotopic (exact) mass is 171 g/mol. The van der Waals surface area contributed by atoms with E-state index in [0.717, 1.165) is 25.9 Å². The summed E-state index contributed by atoms with van der Waals surface area (Å²) in [5.41, 5.74) is -0.251. The van der Waals surface area contributed by atoms with E-state index in [0.29, 0.717) is 0 Å². The Morgan fingerprint density at radius 3 is 2.75 bits per heavy atom. The summed E-state index contributed by atoms with van der Waals surface area (Å²) in [6.07, 6.45) is 2.09. The molecule has 1 heterocycles. The van der Waals surface area contributed by atoms with Gasteiger partial charge in [-0.1, -0.05) is 0 Å². The largest absolute Gasteiger partial charge is 0.458 e. The Kier molecular flexibility index (Phi) is 2.73. The van der Waals surface area contributed by atoms with Crippen molar-refractivity contribution in [1.29, 1.82) is 0 Å². The number of carbonyl (C=O) groups excluding carboxylic acids is 1. The Morgan fingerprint density at radius 2 is 2.25 bits per heavy atom. The molecule has 1 unspecified atom stereocenters. The van der Waals surface area contributed by atoms with E-state index >= 15 is 0 Å². The molecule has 0 bridgehead atoms. The number of likely N-dealkylation sites (tertiary alicyclic amines) is 1. The first-order valence-electron chi connectivity index (χ1n) is 4.40. The van der Waals surface area contributed by atoms with E-state index in [1.807, 2.05) is 6.92 Å². The Morgan fingerprint density at radius 1 is 1.58 bits per heavy atom. The topological polar surface area (TPSA) is 29.5 Å². The molecule has 0 aliphatic carbocycles. The number of hydrogen-bond donors (Lipinski definition) is 0. The zero-order chi connectivity index (χ0) is 9.19. The van der Waals surface area contributed by atoms with Crippen molar-refractivity contribution in [2.45, 2.75) is 32.3 Å². The quantitative estimate of drug-likeness (QED) is 0.552. The summed E-state index contributed by atoms with van der Waals surface area (Å²) in [6.45, 7) is 5.44. The SMILES string of the molecule is CC(=O)OC1(C)CCCN(C)C1. The van der Waals surface area contributed by atoms with Gasteiger partial charge >= 0.3 is 5.97 Å². The second-order valence-electron chi connectivity index (χ2n) is 3.88. The molecule has 0 aromatic rings. The number of ether oxygens (including phenoxy) is 1. The van der Waals surface area contributed by atoms with Crippen LogP contribution < -0.4 is 0 Å². The average molecular weight is 171 g/mol. The van der Waals surface area contributed by atoms with Crippen LogP contribution in [0.3, 0.4) is 0 Å². The van der Waals surface area contributed by atoms with E-state index in [4.69, 9.17) is 4.74 Å². The summed E-state index contributed by atoms with van der Waals surface area (Å²) in [6, 6.07) is 0. The molecule has 0 N–H and O–H groups in total. The van der Waals surface area contributed by atoms with Gasteiger partial charge in [-0.25, -0.2) is 0 Å². The fraction of sp³-hybridized carbons (Fsp3) is 0.889. The number of likely N-dealkylation sites (N-methyl/N-ethyl adjacent to an activating group) is 1. The summed E-state index contributed by atoms with van der Waals surface area (Å²) in [7, 11) is 2.06. The number of hydrogen-bond acceptors (Lipinski definition) is 3. The van der Waals surface area contributed by atoms with Crippen LogP contribution in [0.25, 0.3) is 0 Å². The summed E-state index contributed by atoms with van der Waals surface area (Å²) >= 11 is 0. The van der Waals surface area contributed by atoms with Crippen LogP contribution in [-0.2, 0) is 9.53 Å². The third-order valence-corrected chi connectivity index (χ3v) is 2.24. The molecule has 3 nitrogen and oxygen atoms in total. The second-order valence-corrected chi connectivity index (χ2v) is 3.88. The number of piperidine rings is 1. The zero-order valence-corrected chi connectivity index (χ0v) is 8.09. The maximum Gasteiger partial charge on any atom is 0.303 e. The van der Waals surface area contributed by atoms with Crippen molar-refractivity contribution in [3.05, 3.63) is 0 Å². The van der Waals surface area contributed by atoms with Gasteiger partial charge in [0.05, 0.1) is 0 Å². The Balaban J connectivity index is 2.51. The van der Waals surface area contributed by atoms with Crippen molar-refractivity contribution < 1.29 is 9.53 Å². The highest BCUT2D eigenvalue weighted by molar-refractivity contribution is 5.66. The molecule has 0 saturated carbocycles. The second kappa shape index (κ2) is 3.44. The summed E-state index contributed by atoms with van der Waals surface area (Å²) in [5.74, 6) is -0.173. The third-order valence-electron chi connectivity index (χ3n) is 2.24. The predicted octanol–water partition coefficient (Wildman–Crippen LogP) is 1.03. The number of carbonyl (C=O) groups is 1. The smallest absolute Gasteiger partial charge is 0.303 e. The zero-order valence-electron chi connectivity index (χ0n) is 8.09. The summed E-state index contributed by atoms with van der Waals surface area (Å²) in [4.78, 5) is 13.0. The lowest BCUT2D eigenvalue weighted by Crippen LogP contribution is -2.46. The molecule has 1 aliphatic rings. The minimum atomic E-state index is -0.251. The first-order chi connectivity index (χ1) is 5.52. The fourth-order valence-electron chi connectivity index (χ4n) is 1.88. The maximum absolute atomic E-state index is 10.8. The first-order valence-corrected chi connectivity index (χ1v) is 4.40. The third kappa shape index (κ3) is 2.48. The van der Waals surface area contributed by atoms with Gasteiger partial charge in [-0.05, 0) is 33.4 Å². The fourth-order valence-corrected chi connectivity index (χ4v) is 1.88. The van der Waals surface area contributed by atoms with Crippen molar-refractivity contribution in [2.75, 3.05) is 20.1 Å². The minimum absolute atomic E-state index is 0.173. The maximum atomic E-state index is 10.8. The predicted molar refractivity (Wildman–Crippen MR) is 46.9 cm³/mol. The molecule has 1 saturated heterocycles. The average Bonchev–Trinajstić information content (AvgIpc) is 1.82. The van der Waals surface area contributed by atoms with Crippen molar-refractivity contribution in [3.8, 4) is 0 Å². The van der Waals surface area contributed by atoms with Gasteiger partial charge < -0.3 is 9.64 Å². The van der Waals surface area contributed by atoms with Gasteiger partial charge in [0.15, 0.2) is 0 Å². The van der Waals surface area contributed by atoms with Gasteiger partial charge in [0.25, 0.3) is 0 Å². The van der Waals surface area contributed by atoms with Crippen LogP contribution in [0.15, 0.2) is 0 Å². The number of rotatable bonds is 1. The van der Waals surface area contributed by atoms with Gasteiger partial charge in [-0.15, -0.1) is 0 Å². The minimum Gasteiger partial charge on any atom is -0.458 e. The summed E-state index contributed by atoms with van der Waals surface area (Å²) < 4.78 is 5.27. The highest BCUT2D eigenvalue weighted by atomic mass is 16.6. The van der Waals surface area contributed by atoms with Crippen LogP contribution >= 0.6 is 0 Å². The molecular weight excluding hydrogens is 154 g/mol. The van der Waals surface area contributed by atoms with Crippen molar-refractivity contribution in [3.63, 3.8) is 0 Å². The Hall–Kier alpha value is -0.570. The molecule has 0 aromatic carbocycles. The highest BCUT2D eigenvalue weighted by Gasteiger charge is 2.32. The van der Waals surface area contributed by atoms with Crippen molar-refractivity contribution in [1.82, 2.24) is 4.90 Å². The molecule has 1 atom stereocenters. The van der Waals surface area contributed by atoms with Crippen molar-refractivity contribution >= 4 is 5.97 Å². The van der Waals surface area contributed by atoms with Crippen LogP contribution in [-0.4, -0.2) is 36.6 Å². The molecule has 3 heteroatoms. The Labute approximate surface area is 73.7 Å². The van der Waals surface area contributed by atoms with Crippen LogP contribution in [0, 0.1) is 0 Å². The van der Waals surface area contributed by atoms with E-state index < -0.39 is 0 Å². The molecule has 0 spiro atoms. The molecule has 70 valence electrons. The lowest BCUT2D eigenvalue weighted by atomic mass is 9.95. The molecule has 1 rings (SSSR count). The van der Waals surface area contributed by atoms with E-state index in [9.17, 15) is 4.79 Å². The van der Waals surface area contributed by atoms with Crippen LogP contribution in [0.1, 0.15) is 26.7 Å². The molecular formula is C9H17NO2. The van der Waals surface area contributed by atoms with E-state index in [1.54, 1.807) is 0 Å². The van der Waals surface area contributed by atoms with Gasteiger partial charge in [0, 0.05) is 13.5 Å². The van der Waals surface area contributed by atoms with E-state index in [-0.39, 0.29) is 11.6 Å². The Bertz CT molecular complexity index is 181. The first kappa shape index (κ1) is 9.52. The van der Waals surface area contributed by atoms with Crippen LogP contribution in [0.2, 0.25) is 0 Å². The number of nitrogens with zero attached hydrogens (tertiary/aromatic N) is 1. The van der Waals surface area contributed by atoms with Crippen LogP contribution in [0.4, 0.5) is 0 Å². The van der Waals surface area contributed by atoms with Gasteiger partial charge in [-0.2, -0.15) is 0 Å². The standard InChI is InChI=1S/C9H17NO2/c1-8(11)12-9(2)5-4-6-10(3)7-9/h4-7H2,1-3H3. The molecule has 0 radical (unpaired) electrons. The van der Waals surface area contributed by atoms with Crippen LogP contribution in [0.5, 0.6) is 0 Å². The van der Waals surface area contributed by atoms with E-state index in [1.165, 1.54) is 6.92 Å². The molecule has 0 aromatic heterocycles. The van der Waals surface area contributed by atoms with Gasteiger partial charge in [-0.3, -0.25) is 4.79 Å². The molecule has 1 fully saturated rings. The number of esters is 1. The molecule has 0 amide bonds. The highest BCUT2D eigenvalue weighted by Crippen LogP contribution is 2.23. The normalized spacial score (nSPS) is 31.6. The lowest BCUT2D eigenvalue weighted by Gasteiger charge is -2.37. The van der Waals surface area contributed by atoms with E-state index in [2.05, 4.69) is 11.9 Å². The van der Waals surface area contributed by atoms with Gasteiger partial charge in [0.2, 0.25) is 0 Å². The molecule has 1 aliphatic heterocycles. The van der Waals surface area contributed by atoms with Crippen molar-refractivity contribution in [2.24, 2.45) is 0 Å². The van der Waals surface area contributed by atoms with Gasteiger partial charge in [0.1, 0.15) is 5.60 Å². The molecule has 12 heavy (non-hydrogen) atoms. The lowest BCUT2D eigenvalue weighted by molar-refractivity contribution is -0.160. The summed E-state index contributed by atoms with van der Waals surface area (Å²) in [5, 5.41) is 0.